The number of unbranched alkanes of at least 4 members (excludes halogenated alkanes) is 3. The Morgan fingerprint density at radius 3 is 2.43 bits per heavy atom. The van der Waals surface area contributed by atoms with Gasteiger partial charge < -0.3 is 11.1 Å². The molecule has 0 fully saturated rings. The van der Waals surface area contributed by atoms with Gasteiger partial charge in [-0.1, -0.05) is 44.7 Å². The molecule has 1 aromatic rings. The Morgan fingerprint density at radius 1 is 1.19 bits per heavy atom. The van der Waals surface area contributed by atoms with Crippen LogP contribution in [0.5, 0.6) is 0 Å². The minimum atomic E-state index is -0.630. The maximum Gasteiger partial charge on any atom is 0.239 e. The number of rotatable bonds is 9. The Balaban J connectivity index is 2.44. The molecule has 0 spiro atoms. The summed E-state index contributed by atoms with van der Waals surface area (Å²) in [5, 5.41) is 2.65. The first-order chi connectivity index (χ1) is 10.0. The second kappa shape index (κ2) is 9.10. The predicted molar refractivity (Wildman–Crippen MR) is 80.0 cm³/mol. The highest BCUT2D eigenvalue weighted by Gasteiger charge is 2.17. The summed E-state index contributed by atoms with van der Waals surface area (Å²) in [6.07, 6.45) is 4.77. The monoisotopic (exact) mass is 294 g/mol. The minimum absolute atomic E-state index is 0.110. The molecule has 0 radical (unpaired) electrons. The van der Waals surface area contributed by atoms with Crippen molar-refractivity contribution in [2.45, 2.75) is 51.5 Å². The third-order valence-electron chi connectivity index (χ3n) is 3.30. The first-order valence-corrected chi connectivity index (χ1v) is 7.36. The lowest BCUT2D eigenvalue weighted by molar-refractivity contribution is -0.127. The lowest BCUT2D eigenvalue weighted by atomic mass is 10.1. The quantitative estimate of drug-likeness (QED) is 0.686. The Hall–Kier alpha value is -1.91. The zero-order valence-corrected chi connectivity index (χ0v) is 12.4. The molecule has 0 aliphatic heterocycles. The average Bonchev–Trinajstić information content (AvgIpc) is 2.44. The van der Waals surface area contributed by atoms with Crippen molar-refractivity contribution < 1.29 is 14.0 Å². The third-order valence-corrected chi connectivity index (χ3v) is 3.30. The molecule has 5 heteroatoms. The molecule has 0 saturated heterocycles. The van der Waals surface area contributed by atoms with Crippen molar-refractivity contribution in [3.8, 4) is 0 Å². The second-order valence-corrected chi connectivity index (χ2v) is 5.18. The van der Waals surface area contributed by atoms with E-state index in [0.717, 1.165) is 25.7 Å². The highest BCUT2D eigenvalue weighted by Crippen LogP contribution is 2.07. The van der Waals surface area contributed by atoms with Gasteiger partial charge in [0.15, 0.2) is 0 Å². The van der Waals surface area contributed by atoms with Crippen LogP contribution in [0.2, 0.25) is 0 Å². The molecule has 0 unspecified atom stereocenters. The van der Waals surface area contributed by atoms with E-state index < -0.39 is 11.9 Å². The van der Waals surface area contributed by atoms with Gasteiger partial charge in [-0.15, -0.1) is 0 Å². The molecular weight excluding hydrogens is 271 g/mol. The van der Waals surface area contributed by atoms with Crippen LogP contribution in [0.15, 0.2) is 24.3 Å². The lowest BCUT2D eigenvalue weighted by Gasteiger charge is -2.15. The van der Waals surface area contributed by atoms with Gasteiger partial charge in [0.2, 0.25) is 11.8 Å². The summed E-state index contributed by atoms with van der Waals surface area (Å²) in [6, 6.07) is 5.08. The van der Waals surface area contributed by atoms with E-state index in [1.54, 1.807) is 12.1 Å². The van der Waals surface area contributed by atoms with Gasteiger partial charge in [-0.05, 0) is 24.1 Å². The molecule has 21 heavy (non-hydrogen) atoms. The van der Waals surface area contributed by atoms with Crippen molar-refractivity contribution in [2.24, 2.45) is 5.73 Å². The van der Waals surface area contributed by atoms with Gasteiger partial charge in [0.25, 0.3) is 0 Å². The molecule has 1 atom stereocenters. The second-order valence-electron chi connectivity index (χ2n) is 5.18. The standard InChI is InChI=1S/C16H23FN2O2/c1-2-3-4-5-6-14(16(18)21)19-15(20)11-12-7-9-13(17)10-8-12/h7-10,14H,2-6,11H2,1H3,(H2,18,21)(H,19,20)/t14-/m1/s1. The van der Waals surface area contributed by atoms with Gasteiger partial charge in [-0.3, -0.25) is 9.59 Å². The maximum absolute atomic E-state index is 12.8. The lowest BCUT2D eigenvalue weighted by Crippen LogP contribution is -2.44. The molecule has 0 aliphatic carbocycles. The fourth-order valence-corrected chi connectivity index (χ4v) is 2.09. The molecule has 1 rings (SSSR count). The molecule has 2 amide bonds. The number of amides is 2. The van der Waals surface area contributed by atoms with Crippen molar-refractivity contribution in [3.63, 3.8) is 0 Å². The van der Waals surface area contributed by atoms with Crippen molar-refractivity contribution >= 4 is 11.8 Å². The fourth-order valence-electron chi connectivity index (χ4n) is 2.09. The normalized spacial score (nSPS) is 11.9. The van der Waals surface area contributed by atoms with E-state index in [1.807, 2.05) is 0 Å². The summed E-state index contributed by atoms with van der Waals surface area (Å²) in [7, 11) is 0. The molecule has 0 bridgehead atoms. The van der Waals surface area contributed by atoms with Gasteiger partial charge >= 0.3 is 0 Å². The van der Waals surface area contributed by atoms with Gasteiger partial charge in [0.05, 0.1) is 6.42 Å². The van der Waals surface area contributed by atoms with E-state index in [4.69, 9.17) is 5.73 Å². The van der Waals surface area contributed by atoms with E-state index in [0.29, 0.717) is 12.0 Å². The van der Waals surface area contributed by atoms with Crippen molar-refractivity contribution in [3.05, 3.63) is 35.6 Å². The average molecular weight is 294 g/mol. The summed E-state index contributed by atoms with van der Waals surface area (Å²) in [6.45, 7) is 2.11. The van der Waals surface area contributed by atoms with Crippen LogP contribution in [0.3, 0.4) is 0 Å². The van der Waals surface area contributed by atoms with E-state index in [2.05, 4.69) is 12.2 Å². The van der Waals surface area contributed by atoms with Crippen LogP contribution in [-0.2, 0) is 16.0 Å². The number of carbonyl (C=O) groups is 2. The molecule has 0 aromatic heterocycles. The van der Waals surface area contributed by atoms with Gasteiger partial charge in [-0.25, -0.2) is 4.39 Å². The number of primary amides is 1. The van der Waals surface area contributed by atoms with Crippen LogP contribution in [-0.4, -0.2) is 17.9 Å². The summed E-state index contributed by atoms with van der Waals surface area (Å²) in [5.74, 6) is -1.13. The van der Waals surface area contributed by atoms with Crippen LogP contribution < -0.4 is 11.1 Å². The molecule has 0 heterocycles. The molecular formula is C16H23FN2O2. The summed E-state index contributed by atoms with van der Waals surface area (Å²) in [5.41, 5.74) is 6.01. The summed E-state index contributed by atoms with van der Waals surface area (Å²) < 4.78 is 12.8. The van der Waals surface area contributed by atoms with Gasteiger partial charge in [-0.2, -0.15) is 0 Å². The number of carbonyl (C=O) groups excluding carboxylic acids is 2. The number of benzene rings is 1. The number of nitrogens with one attached hydrogen (secondary N) is 1. The van der Waals surface area contributed by atoms with Crippen LogP contribution in [0.4, 0.5) is 4.39 Å². The zero-order valence-electron chi connectivity index (χ0n) is 12.4. The SMILES string of the molecule is CCCCCC[C@@H](NC(=O)Cc1ccc(F)cc1)C(N)=O. The largest absolute Gasteiger partial charge is 0.368 e. The topological polar surface area (TPSA) is 72.2 Å². The van der Waals surface area contributed by atoms with Crippen molar-refractivity contribution in [1.82, 2.24) is 5.32 Å². The summed E-state index contributed by atoms with van der Waals surface area (Å²) >= 11 is 0. The molecule has 116 valence electrons. The van der Waals surface area contributed by atoms with Crippen LogP contribution in [0.1, 0.15) is 44.6 Å². The third kappa shape index (κ3) is 6.88. The number of nitrogens with two attached hydrogens (primary N) is 1. The molecule has 0 saturated carbocycles. The van der Waals surface area contributed by atoms with Crippen LogP contribution in [0.25, 0.3) is 0 Å². The molecule has 3 N–H and O–H groups in total. The Kier molecular flexibility index (Phi) is 7.43. The van der Waals surface area contributed by atoms with Crippen LogP contribution in [0, 0.1) is 5.82 Å². The van der Waals surface area contributed by atoms with Crippen LogP contribution >= 0.6 is 0 Å². The molecule has 0 aliphatic rings. The van der Waals surface area contributed by atoms with Gasteiger partial charge in [0.1, 0.15) is 11.9 Å². The number of hydrogen-bond donors (Lipinski definition) is 2. The van der Waals surface area contributed by atoms with E-state index in [1.165, 1.54) is 12.1 Å². The Morgan fingerprint density at radius 2 is 1.86 bits per heavy atom. The van der Waals surface area contributed by atoms with Crippen molar-refractivity contribution in [2.75, 3.05) is 0 Å². The first kappa shape index (κ1) is 17.1. The van der Waals surface area contributed by atoms with E-state index in [-0.39, 0.29) is 18.1 Å². The van der Waals surface area contributed by atoms with Crippen molar-refractivity contribution in [1.29, 1.82) is 0 Å². The maximum atomic E-state index is 12.8. The molecule has 4 nitrogen and oxygen atoms in total. The van der Waals surface area contributed by atoms with Gasteiger partial charge in [0, 0.05) is 0 Å². The fraction of sp³-hybridized carbons (Fsp3) is 0.500. The minimum Gasteiger partial charge on any atom is -0.368 e. The van der Waals surface area contributed by atoms with E-state index in [9.17, 15) is 14.0 Å². The first-order valence-electron chi connectivity index (χ1n) is 7.36. The molecule has 1 aromatic carbocycles. The summed E-state index contributed by atoms with van der Waals surface area (Å²) in [4.78, 5) is 23.2. The zero-order chi connectivity index (χ0) is 15.7. The number of halogens is 1. The predicted octanol–water partition coefficient (Wildman–Crippen LogP) is 2.31. The highest BCUT2D eigenvalue weighted by atomic mass is 19.1. The smallest absolute Gasteiger partial charge is 0.239 e. The Labute approximate surface area is 124 Å². The Bertz CT molecular complexity index is 460. The highest BCUT2D eigenvalue weighted by molar-refractivity contribution is 5.87. The van der Waals surface area contributed by atoms with E-state index >= 15 is 0 Å². The number of hydrogen-bond acceptors (Lipinski definition) is 2.